The Morgan fingerprint density at radius 3 is 3.06 bits per heavy atom. The van der Waals surface area contributed by atoms with E-state index in [-0.39, 0.29) is 11.5 Å². The first kappa shape index (κ1) is 10.8. The van der Waals surface area contributed by atoms with E-state index in [9.17, 15) is 4.79 Å². The minimum atomic E-state index is -0.633. The van der Waals surface area contributed by atoms with Gasteiger partial charge in [0.15, 0.2) is 5.69 Å². The largest absolute Gasteiger partial charge is 0.463 e. The van der Waals surface area contributed by atoms with E-state index >= 15 is 0 Å². The third-order valence-electron chi connectivity index (χ3n) is 2.00. The van der Waals surface area contributed by atoms with Crippen molar-refractivity contribution in [2.45, 2.75) is 0 Å². The molecule has 0 saturated heterocycles. The zero-order valence-corrected chi connectivity index (χ0v) is 8.86. The van der Waals surface area contributed by atoms with Crippen LogP contribution in [0, 0.1) is 11.3 Å². The molecule has 0 atom stereocenters. The first-order valence-electron chi connectivity index (χ1n) is 4.61. The molecular formula is C10H7N5O2. The van der Waals surface area contributed by atoms with Gasteiger partial charge < -0.3 is 4.74 Å². The van der Waals surface area contributed by atoms with E-state index in [1.54, 1.807) is 12.1 Å². The fourth-order valence-electron chi connectivity index (χ4n) is 1.23. The molecule has 84 valence electrons. The van der Waals surface area contributed by atoms with E-state index in [2.05, 4.69) is 19.8 Å². The van der Waals surface area contributed by atoms with E-state index in [4.69, 9.17) is 5.26 Å². The molecule has 17 heavy (non-hydrogen) atoms. The number of nitriles is 1. The molecule has 2 heterocycles. The normalized spacial score (nSPS) is 9.65. The molecule has 0 aliphatic rings. The fraction of sp³-hybridized carbons (Fsp3) is 0.100. The van der Waals surface area contributed by atoms with Crippen molar-refractivity contribution in [3.05, 3.63) is 36.2 Å². The van der Waals surface area contributed by atoms with Crippen LogP contribution in [-0.4, -0.2) is 32.8 Å². The Balaban J connectivity index is 2.44. The van der Waals surface area contributed by atoms with Crippen LogP contribution in [0.4, 0.5) is 0 Å². The standard InChI is InChI=1S/C10H7N5O2/c1-17-10(16)9-13-6-15(14-9)8-3-2-4-12-7(8)5-11/h2-4,6H,1H3. The highest BCUT2D eigenvalue weighted by atomic mass is 16.5. The van der Waals surface area contributed by atoms with E-state index < -0.39 is 5.97 Å². The Labute approximate surface area is 96.3 Å². The molecule has 0 aromatic carbocycles. The summed E-state index contributed by atoms with van der Waals surface area (Å²) in [5, 5.41) is 12.8. The zero-order chi connectivity index (χ0) is 12.3. The number of carbonyl (C=O) groups is 1. The molecule has 0 aliphatic carbocycles. The number of carbonyl (C=O) groups excluding carboxylic acids is 1. The van der Waals surface area contributed by atoms with E-state index in [1.807, 2.05) is 6.07 Å². The zero-order valence-electron chi connectivity index (χ0n) is 8.86. The smallest absolute Gasteiger partial charge is 0.377 e. The Bertz CT molecular complexity index is 599. The molecule has 0 radical (unpaired) electrons. The summed E-state index contributed by atoms with van der Waals surface area (Å²) < 4.78 is 5.79. The lowest BCUT2D eigenvalue weighted by Crippen LogP contribution is -2.06. The fourth-order valence-corrected chi connectivity index (χ4v) is 1.23. The second kappa shape index (κ2) is 4.40. The minimum Gasteiger partial charge on any atom is -0.463 e. The number of esters is 1. The van der Waals surface area contributed by atoms with Crippen molar-refractivity contribution in [1.29, 1.82) is 5.26 Å². The summed E-state index contributed by atoms with van der Waals surface area (Å²) >= 11 is 0. The maximum atomic E-state index is 11.2. The van der Waals surface area contributed by atoms with Gasteiger partial charge in [-0.05, 0) is 12.1 Å². The molecule has 7 heteroatoms. The van der Waals surface area contributed by atoms with Gasteiger partial charge in [-0.15, -0.1) is 5.10 Å². The summed E-state index contributed by atoms with van der Waals surface area (Å²) in [5.41, 5.74) is 0.659. The first-order valence-corrected chi connectivity index (χ1v) is 4.61. The number of rotatable bonds is 2. The van der Waals surface area contributed by atoms with Crippen LogP contribution in [-0.2, 0) is 4.74 Å². The molecule has 2 rings (SSSR count). The molecule has 2 aromatic heterocycles. The van der Waals surface area contributed by atoms with Crippen molar-refractivity contribution >= 4 is 5.97 Å². The molecule has 0 fully saturated rings. The van der Waals surface area contributed by atoms with Crippen LogP contribution in [0.25, 0.3) is 5.69 Å². The molecule has 0 unspecified atom stereocenters. The summed E-state index contributed by atoms with van der Waals surface area (Å²) in [5.74, 6) is -0.702. The third kappa shape index (κ3) is 1.96. The maximum Gasteiger partial charge on any atom is 0.377 e. The number of aromatic nitrogens is 4. The molecule has 0 amide bonds. The van der Waals surface area contributed by atoms with Gasteiger partial charge in [-0.3, -0.25) is 0 Å². The molecular weight excluding hydrogens is 222 g/mol. The number of hydrogen-bond acceptors (Lipinski definition) is 6. The van der Waals surface area contributed by atoms with Crippen molar-refractivity contribution < 1.29 is 9.53 Å². The lowest BCUT2D eigenvalue weighted by molar-refractivity contribution is 0.0587. The quantitative estimate of drug-likeness (QED) is 0.688. The molecule has 0 saturated carbocycles. The topological polar surface area (TPSA) is 93.7 Å². The van der Waals surface area contributed by atoms with Gasteiger partial charge in [-0.1, -0.05) is 0 Å². The van der Waals surface area contributed by atoms with Gasteiger partial charge in [0.2, 0.25) is 0 Å². The summed E-state index contributed by atoms with van der Waals surface area (Å²) in [4.78, 5) is 18.8. The second-order valence-electron chi connectivity index (χ2n) is 2.99. The Hall–Kier alpha value is -2.75. The van der Waals surface area contributed by atoms with Crippen molar-refractivity contribution in [2.75, 3.05) is 7.11 Å². The second-order valence-corrected chi connectivity index (χ2v) is 2.99. The lowest BCUT2D eigenvalue weighted by Gasteiger charge is -2.00. The van der Waals surface area contributed by atoms with Crippen LogP contribution < -0.4 is 0 Å². The van der Waals surface area contributed by atoms with Crippen LogP contribution in [0.5, 0.6) is 0 Å². The SMILES string of the molecule is COC(=O)c1ncn(-c2cccnc2C#N)n1. The Morgan fingerprint density at radius 2 is 2.35 bits per heavy atom. The van der Waals surface area contributed by atoms with Gasteiger partial charge in [-0.2, -0.15) is 5.26 Å². The van der Waals surface area contributed by atoms with Gasteiger partial charge in [0, 0.05) is 6.20 Å². The van der Waals surface area contributed by atoms with E-state index in [0.717, 1.165) is 0 Å². The molecule has 0 N–H and O–H groups in total. The van der Waals surface area contributed by atoms with Crippen LogP contribution >= 0.6 is 0 Å². The third-order valence-corrected chi connectivity index (χ3v) is 2.00. The summed E-state index contributed by atoms with van der Waals surface area (Å²) in [7, 11) is 1.24. The molecule has 0 spiro atoms. The van der Waals surface area contributed by atoms with E-state index in [1.165, 1.54) is 24.3 Å². The number of nitrogens with zero attached hydrogens (tertiary/aromatic N) is 5. The molecule has 0 bridgehead atoms. The van der Waals surface area contributed by atoms with Crippen molar-refractivity contribution in [1.82, 2.24) is 19.7 Å². The Morgan fingerprint density at radius 1 is 1.53 bits per heavy atom. The highest BCUT2D eigenvalue weighted by Crippen LogP contribution is 2.09. The molecule has 2 aromatic rings. The van der Waals surface area contributed by atoms with E-state index in [0.29, 0.717) is 5.69 Å². The maximum absolute atomic E-state index is 11.2. The van der Waals surface area contributed by atoms with Crippen LogP contribution in [0.3, 0.4) is 0 Å². The summed E-state index contributed by atoms with van der Waals surface area (Å²) in [6, 6.07) is 5.25. The van der Waals surface area contributed by atoms with Crippen molar-refractivity contribution in [3.63, 3.8) is 0 Å². The number of methoxy groups -OCH3 is 1. The van der Waals surface area contributed by atoms with Gasteiger partial charge >= 0.3 is 5.97 Å². The van der Waals surface area contributed by atoms with Crippen LogP contribution in [0.2, 0.25) is 0 Å². The number of pyridine rings is 1. The van der Waals surface area contributed by atoms with Gasteiger partial charge in [-0.25, -0.2) is 19.4 Å². The van der Waals surface area contributed by atoms with Crippen molar-refractivity contribution in [2.24, 2.45) is 0 Å². The Kier molecular flexibility index (Phi) is 2.79. The van der Waals surface area contributed by atoms with Crippen molar-refractivity contribution in [3.8, 4) is 11.8 Å². The number of ether oxygens (including phenoxy) is 1. The molecule has 7 nitrogen and oxygen atoms in total. The monoisotopic (exact) mass is 229 g/mol. The first-order chi connectivity index (χ1) is 8.26. The average Bonchev–Trinajstić information content (AvgIpc) is 2.87. The summed E-state index contributed by atoms with van der Waals surface area (Å²) in [6.45, 7) is 0. The highest BCUT2D eigenvalue weighted by molar-refractivity contribution is 5.84. The van der Waals surface area contributed by atoms with Gasteiger partial charge in [0.1, 0.15) is 18.1 Å². The van der Waals surface area contributed by atoms with Gasteiger partial charge in [0.05, 0.1) is 7.11 Å². The molecule has 0 aliphatic heterocycles. The highest BCUT2D eigenvalue weighted by Gasteiger charge is 2.13. The predicted molar refractivity (Wildman–Crippen MR) is 55.2 cm³/mol. The van der Waals surface area contributed by atoms with Crippen LogP contribution in [0.15, 0.2) is 24.7 Å². The predicted octanol–water partition coefficient (Wildman–Crippen LogP) is 0.321. The minimum absolute atomic E-state index is 0.0692. The van der Waals surface area contributed by atoms with Crippen LogP contribution in [0.1, 0.15) is 16.3 Å². The van der Waals surface area contributed by atoms with Gasteiger partial charge in [0.25, 0.3) is 5.82 Å². The average molecular weight is 229 g/mol. The number of hydrogen-bond donors (Lipinski definition) is 0. The lowest BCUT2D eigenvalue weighted by atomic mass is 10.3. The summed E-state index contributed by atoms with van der Waals surface area (Å²) in [6.07, 6.45) is 2.82.